The third-order valence-corrected chi connectivity index (χ3v) is 4.44. The molecule has 0 atom stereocenters. The molecule has 2 heterocycles. The van der Waals surface area contributed by atoms with Gasteiger partial charge in [-0.05, 0) is 24.7 Å². The van der Waals surface area contributed by atoms with E-state index in [2.05, 4.69) is 18.8 Å². The number of carbonyl (C=O) groups excluding carboxylic acids is 1. The van der Waals surface area contributed by atoms with Crippen molar-refractivity contribution in [3.63, 3.8) is 0 Å². The topological polar surface area (TPSA) is 59.2 Å². The lowest BCUT2D eigenvalue weighted by atomic mass is 9.85. The molecule has 1 aromatic rings. The second kappa shape index (κ2) is 5.36. The Morgan fingerprint density at radius 2 is 2.28 bits per heavy atom. The number of nitrogens with zero attached hydrogens (tertiary/aromatic N) is 2. The second-order valence-electron chi connectivity index (χ2n) is 5.64. The smallest absolute Gasteiger partial charge is 0.273 e. The van der Waals surface area contributed by atoms with Gasteiger partial charge in [-0.25, -0.2) is 4.98 Å². The van der Waals surface area contributed by atoms with Crippen LogP contribution in [0.1, 0.15) is 48.6 Å². The average Bonchev–Trinajstić information content (AvgIpc) is 2.74. The van der Waals surface area contributed by atoms with E-state index in [1.165, 1.54) is 17.8 Å². The number of hydrogen-bond acceptors (Lipinski definition) is 4. The fraction of sp³-hybridized carbons (Fsp3) is 0.692. The summed E-state index contributed by atoms with van der Waals surface area (Å²) in [4.78, 5) is 18.5. The molecule has 2 rings (SSSR count). The zero-order valence-electron chi connectivity index (χ0n) is 11.1. The summed E-state index contributed by atoms with van der Waals surface area (Å²) in [5.41, 5.74) is 6.43. The summed E-state index contributed by atoms with van der Waals surface area (Å²) in [7, 11) is 0. The standard InChI is InChI=1S/C13H21N3OS/c1-13(2)4-3-6-16(7-5-13)12(17)10-9-18-11(8-14)15-10/h9H,3-8,14H2,1-2H3. The predicted octanol–water partition coefficient (Wildman–Crippen LogP) is 2.25. The van der Waals surface area contributed by atoms with Crippen molar-refractivity contribution in [2.75, 3.05) is 13.1 Å². The highest BCUT2D eigenvalue weighted by Gasteiger charge is 2.26. The molecule has 1 aliphatic rings. The van der Waals surface area contributed by atoms with Crippen LogP contribution in [-0.2, 0) is 6.54 Å². The van der Waals surface area contributed by atoms with Gasteiger partial charge in [-0.3, -0.25) is 4.79 Å². The van der Waals surface area contributed by atoms with Crippen molar-refractivity contribution >= 4 is 17.2 Å². The van der Waals surface area contributed by atoms with Crippen LogP contribution in [0.4, 0.5) is 0 Å². The second-order valence-corrected chi connectivity index (χ2v) is 6.58. The van der Waals surface area contributed by atoms with E-state index >= 15 is 0 Å². The molecule has 100 valence electrons. The third kappa shape index (κ3) is 3.09. The van der Waals surface area contributed by atoms with Gasteiger partial charge in [-0.2, -0.15) is 0 Å². The normalized spacial score (nSPS) is 19.6. The zero-order chi connectivity index (χ0) is 13.2. The Morgan fingerprint density at radius 3 is 2.94 bits per heavy atom. The van der Waals surface area contributed by atoms with Crippen molar-refractivity contribution < 1.29 is 4.79 Å². The molecule has 0 aromatic carbocycles. The van der Waals surface area contributed by atoms with Crippen molar-refractivity contribution in [1.29, 1.82) is 0 Å². The zero-order valence-corrected chi connectivity index (χ0v) is 11.9. The molecule has 2 N–H and O–H groups in total. The highest BCUT2D eigenvalue weighted by molar-refractivity contribution is 7.09. The Hall–Kier alpha value is -0.940. The molecule has 0 radical (unpaired) electrons. The van der Waals surface area contributed by atoms with Crippen molar-refractivity contribution in [3.8, 4) is 0 Å². The first-order valence-corrected chi connectivity index (χ1v) is 7.33. The lowest BCUT2D eigenvalue weighted by Gasteiger charge is -2.22. The fourth-order valence-corrected chi connectivity index (χ4v) is 2.94. The van der Waals surface area contributed by atoms with E-state index in [1.54, 1.807) is 0 Å². The lowest BCUT2D eigenvalue weighted by molar-refractivity contribution is 0.0752. The van der Waals surface area contributed by atoms with E-state index in [1.807, 2.05) is 10.3 Å². The minimum atomic E-state index is 0.0589. The van der Waals surface area contributed by atoms with Crippen LogP contribution >= 0.6 is 11.3 Å². The number of thiazole rings is 1. The van der Waals surface area contributed by atoms with Crippen LogP contribution in [0, 0.1) is 5.41 Å². The molecule has 0 aliphatic carbocycles. The Kier molecular flexibility index (Phi) is 4.02. The molecule has 0 bridgehead atoms. The van der Waals surface area contributed by atoms with Crippen LogP contribution in [0.15, 0.2) is 5.38 Å². The van der Waals surface area contributed by atoms with Crippen LogP contribution in [0.2, 0.25) is 0 Å². The largest absolute Gasteiger partial charge is 0.337 e. The van der Waals surface area contributed by atoms with E-state index < -0.39 is 0 Å². The van der Waals surface area contributed by atoms with E-state index in [0.717, 1.165) is 30.9 Å². The van der Waals surface area contributed by atoms with Gasteiger partial charge in [0.25, 0.3) is 5.91 Å². The predicted molar refractivity (Wildman–Crippen MR) is 73.5 cm³/mol. The maximum absolute atomic E-state index is 12.3. The number of carbonyl (C=O) groups is 1. The number of aromatic nitrogens is 1. The Balaban J connectivity index is 2.05. The van der Waals surface area contributed by atoms with Crippen LogP contribution in [0.5, 0.6) is 0 Å². The Bertz CT molecular complexity index is 428. The SMILES string of the molecule is CC1(C)CCCN(C(=O)c2csc(CN)n2)CC1. The maximum Gasteiger partial charge on any atom is 0.273 e. The van der Waals surface area contributed by atoms with Gasteiger partial charge in [0.05, 0.1) is 0 Å². The van der Waals surface area contributed by atoms with E-state index in [0.29, 0.717) is 17.7 Å². The fourth-order valence-electron chi connectivity index (χ4n) is 2.29. The molecule has 1 saturated heterocycles. The van der Waals surface area contributed by atoms with Crippen LogP contribution in [0.3, 0.4) is 0 Å². The third-order valence-electron chi connectivity index (χ3n) is 3.57. The van der Waals surface area contributed by atoms with Gasteiger partial charge in [0.2, 0.25) is 0 Å². The molecule has 18 heavy (non-hydrogen) atoms. The van der Waals surface area contributed by atoms with Gasteiger partial charge >= 0.3 is 0 Å². The van der Waals surface area contributed by atoms with Gasteiger partial charge in [-0.15, -0.1) is 11.3 Å². The summed E-state index contributed by atoms with van der Waals surface area (Å²) in [5.74, 6) is 0.0589. The van der Waals surface area contributed by atoms with Crippen molar-refractivity contribution in [2.24, 2.45) is 11.1 Å². The summed E-state index contributed by atoms with van der Waals surface area (Å²) in [6.45, 7) is 6.64. The molecule has 0 unspecified atom stereocenters. The van der Waals surface area contributed by atoms with E-state index in [4.69, 9.17) is 5.73 Å². The van der Waals surface area contributed by atoms with Crippen LogP contribution < -0.4 is 5.73 Å². The first kappa shape index (κ1) is 13.5. The van der Waals surface area contributed by atoms with Crippen LogP contribution in [0.25, 0.3) is 0 Å². The Morgan fingerprint density at radius 1 is 1.50 bits per heavy atom. The van der Waals surface area contributed by atoms with Gasteiger partial charge in [-0.1, -0.05) is 13.8 Å². The molecular formula is C13H21N3OS. The number of rotatable bonds is 2. The number of likely N-dealkylation sites (tertiary alicyclic amines) is 1. The summed E-state index contributed by atoms with van der Waals surface area (Å²) < 4.78 is 0. The highest BCUT2D eigenvalue weighted by Crippen LogP contribution is 2.30. The van der Waals surface area contributed by atoms with Crippen molar-refractivity contribution in [3.05, 3.63) is 16.1 Å². The Labute approximate surface area is 112 Å². The molecule has 1 fully saturated rings. The number of hydrogen-bond donors (Lipinski definition) is 1. The number of nitrogens with two attached hydrogens (primary N) is 1. The highest BCUT2D eigenvalue weighted by atomic mass is 32.1. The van der Waals surface area contributed by atoms with Crippen LogP contribution in [-0.4, -0.2) is 28.9 Å². The quantitative estimate of drug-likeness (QED) is 0.894. The molecule has 1 amide bonds. The maximum atomic E-state index is 12.3. The van der Waals surface area contributed by atoms with E-state index in [-0.39, 0.29) is 5.91 Å². The summed E-state index contributed by atoms with van der Waals surface area (Å²) >= 11 is 1.46. The minimum absolute atomic E-state index is 0.0589. The van der Waals surface area contributed by atoms with Gasteiger partial charge < -0.3 is 10.6 Å². The van der Waals surface area contributed by atoms with Crippen molar-refractivity contribution in [2.45, 2.75) is 39.7 Å². The summed E-state index contributed by atoms with van der Waals surface area (Å²) in [6.07, 6.45) is 3.32. The van der Waals surface area contributed by atoms with Gasteiger partial charge in [0.15, 0.2) is 0 Å². The molecule has 0 spiro atoms. The summed E-state index contributed by atoms with van der Waals surface area (Å²) in [5, 5.41) is 2.65. The lowest BCUT2D eigenvalue weighted by Crippen LogP contribution is -2.32. The monoisotopic (exact) mass is 267 g/mol. The average molecular weight is 267 g/mol. The molecular weight excluding hydrogens is 246 g/mol. The van der Waals surface area contributed by atoms with Crippen molar-refractivity contribution in [1.82, 2.24) is 9.88 Å². The number of amides is 1. The van der Waals surface area contributed by atoms with Gasteiger partial charge in [0, 0.05) is 25.0 Å². The molecule has 5 heteroatoms. The molecule has 4 nitrogen and oxygen atoms in total. The molecule has 1 aromatic heterocycles. The van der Waals surface area contributed by atoms with E-state index in [9.17, 15) is 4.79 Å². The van der Waals surface area contributed by atoms with Gasteiger partial charge in [0.1, 0.15) is 10.7 Å². The molecule has 1 aliphatic heterocycles. The summed E-state index contributed by atoms with van der Waals surface area (Å²) in [6, 6.07) is 0. The minimum Gasteiger partial charge on any atom is -0.337 e. The molecule has 0 saturated carbocycles. The first-order chi connectivity index (χ1) is 8.52. The first-order valence-electron chi connectivity index (χ1n) is 6.45.